The fraction of sp³-hybridized carbons (Fsp3) is 0.385. The smallest absolute Gasteiger partial charge is 0.0454 e. The highest BCUT2D eigenvalue weighted by Crippen LogP contribution is 2.28. The molecule has 1 unspecified atom stereocenters. The molecule has 1 nitrogen and oxygen atoms in total. The minimum Gasteiger partial charge on any atom is -0.313 e. The summed E-state index contributed by atoms with van der Waals surface area (Å²) in [5.74, 6) is 5.94. The molecule has 0 aliphatic carbocycles. The molecule has 0 saturated carbocycles. The monoisotopic (exact) mass is 255 g/mol. The van der Waals surface area contributed by atoms with Gasteiger partial charge in [-0.1, -0.05) is 23.2 Å². The Bertz CT molecular complexity index is 404. The first kappa shape index (κ1) is 13.4. The van der Waals surface area contributed by atoms with Gasteiger partial charge in [0.2, 0.25) is 0 Å². The third-order valence-electron chi connectivity index (χ3n) is 2.42. The zero-order valence-corrected chi connectivity index (χ0v) is 11.0. The van der Waals surface area contributed by atoms with Crippen molar-refractivity contribution in [2.24, 2.45) is 0 Å². The fourth-order valence-corrected chi connectivity index (χ4v) is 2.01. The molecule has 1 N–H and O–H groups in total. The van der Waals surface area contributed by atoms with Crippen LogP contribution in [-0.2, 0) is 0 Å². The molecule has 0 amide bonds. The lowest BCUT2D eigenvalue weighted by Gasteiger charge is -2.17. The van der Waals surface area contributed by atoms with Crippen molar-refractivity contribution in [2.75, 3.05) is 7.05 Å². The second-order valence-corrected chi connectivity index (χ2v) is 4.32. The molecule has 1 atom stereocenters. The first-order chi connectivity index (χ1) is 7.69. The van der Waals surface area contributed by atoms with Crippen molar-refractivity contribution in [3.63, 3.8) is 0 Å². The van der Waals surface area contributed by atoms with E-state index in [1.807, 2.05) is 26.1 Å². The second kappa shape index (κ2) is 6.81. The highest BCUT2D eigenvalue weighted by atomic mass is 35.5. The predicted octanol–water partition coefficient (Wildman–Crippen LogP) is 4.06. The van der Waals surface area contributed by atoms with Crippen LogP contribution in [0.25, 0.3) is 0 Å². The first-order valence-electron chi connectivity index (χ1n) is 5.21. The van der Waals surface area contributed by atoms with Crippen molar-refractivity contribution in [1.82, 2.24) is 5.32 Å². The van der Waals surface area contributed by atoms with Crippen LogP contribution in [0.4, 0.5) is 0 Å². The van der Waals surface area contributed by atoms with Gasteiger partial charge in [0.15, 0.2) is 0 Å². The van der Waals surface area contributed by atoms with Gasteiger partial charge in [-0.3, -0.25) is 0 Å². The van der Waals surface area contributed by atoms with Crippen LogP contribution in [0.5, 0.6) is 0 Å². The topological polar surface area (TPSA) is 12.0 Å². The molecule has 86 valence electrons. The number of rotatable bonds is 4. The van der Waals surface area contributed by atoms with E-state index in [9.17, 15) is 0 Å². The largest absolute Gasteiger partial charge is 0.313 e. The Labute approximate surface area is 107 Å². The summed E-state index contributed by atoms with van der Waals surface area (Å²) in [6.07, 6.45) is 1.78. The lowest BCUT2D eigenvalue weighted by Crippen LogP contribution is -2.16. The van der Waals surface area contributed by atoms with E-state index in [0.717, 1.165) is 23.4 Å². The minimum absolute atomic E-state index is 0.201. The van der Waals surface area contributed by atoms with Crippen molar-refractivity contribution >= 4 is 23.2 Å². The van der Waals surface area contributed by atoms with Crippen molar-refractivity contribution < 1.29 is 0 Å². The SMILES string of the molecule is CC#CCCC(NC)c1cc(Cl)ccc1Cl. The summed E-state index contributed by atoms with van der Waals surface area (Å²) in [5.41, 5.74) is 1.04. The molecule has 0 heterocycles. The number of nitrogens with one attached hydrogen (secondary N) is 1. The van der Waals surface area contributed by atoms with Crippen LogP contribution >= 0.6 is 23.2 Å². The van der Waals surface area contributed by atoms with Gasteiger partial charge in [-0.05, 0) is 44.2 Å². The Hall–Kier alpha value is -0.680. The van der Waals surface area contributed by atoms with Gasteiger partial charge in [0.1, 0.15) is 0 Å². The van der Waals surface area contributed by atoms with Crippen LogP contribution in [0, 0.1) is 11.8 Å². The van der Waals surface area contributed by atoms with Gasteiger partial charge in [0, 0.05) is 22.5 Å². The molecule has 0 spiro atoms. The van der Waals surface area contributed by atoms with E-state index in [2.05, 4.69) is 17.2 Å². The highest BCUT2D eigenvalue weighted by molar-refractivity contribution is 6.33. The van der Waals surface area contributed by atoms with Gasteiger partial charge >= 0.3 is 0 Å². The van der Waals surface area contributed by atoms with Crippen molar-refractivity contribution in [3.8, 4) is 11.8 Å². The summed E-state index contributed by atoms with van der Waals surface area (Å²) in [6.45, 7) is 1.85. The Morgan fingerprint density at radius 2 is 2.12 bits per heavy atom. The van der Waals surface area contributed by atoms with Crippen LogP contribution in [0.15, 0.2) is 18.2 Å². The van der Waals surface area contributed by atoms with Crippen LogP contribution in [0.1, 0.15) is 31.4 Å². The van der Waals surface area contributed by atoms with Gasteiger partial charge < -0.3 is 5.32 Å². The highest BCUT2D eigenvalue weighted by Gasteiger charge is 2.12. The van der Waals surface area contributed by atoms with Gasteiger partial charge in [-0.15, -0.1) is 11.8 Å². The Morgan fingerprint density at radius 1 is 1.38 bits per heavy atom. The molecular formula is C13H15Cl2N. The van der Waals surface area contributed by atoms with E-state index < -0.39 is 0 Å². The number of halogens is 2. The minimum atomic E-state index is 0.201. The molecule has 1 aromatic rings. The number of hydrogen-bond donors (Lipinski definition) is 1. The fourth-order valence-electron chi connectivity index (χ4n) is 1.58. The summed E-state index contributed by atoms with van der Waals surface area (Å²) in [6, 6.07) is 5.73. The van der Waals surface area contributed by atoms with Gasteiger partial charge in [-0.25, -0.2) is 0 Å². The summed E-state index contributed by atoms with van der Waals surface area (Å²) in [7, 11) is 1.92. The molecule has 0 fully saturated rings. The zero-order valence-electron chi connectivity index (χ0n) is 9.48. The Morgan fingerprint density at radius 3 is 2.75 bits per heavy atom. The lowest BCUT2D eigenvalue weighted by molar-refractivity contribution is 0.558. The normalized spacial score (nSPS) is 11.8. The lowest BCUT2D eigenvalue weighted by atomic mass is 10.0. The molecule has 0 saturated heterocycles. The second-order valence-electron chi connectivity index (χ2n) is 3.47. The molecule has 0 aliphatic rings. The van der Waals surface area contributed by atoms with E-state index >= 15 is 0 Å². The Balaban J connectivity index is 2.84. The zero-order chi connectivity index (χ0) is 12.0. The maximum atomic E-state index is 6.15. The third-order valence-corrected chi connectivity index (χ3v) is 3.00. The standard InChI is InChI=1S/C13H15Cl2N/c1-3-4-5-6-13(16-2)11-9-10(14)7-8-12(11)15/h7-9,13,16H,5-6H2,1-2H3. The first-order valence-corrected chi connectivity index (χ1v) is 5.96. The van der Waals surface area contributed by atoms with Crippen LogP contribution in [-0.4, -0.2) is 7.05 Å². The predicted molar refractivity (Wildman–Crippen MR) is 70.9 cm³/mol. The Kier molecular flexibility index (Phi) is 5.69. The van der Waals surface area contributed by atoms with Gasteiger partial charge in [0.25, 0.3) is 0 Å². The molecule has 0 radical (unpaired) electrons. The van der Waals surface area contributed by atoms with Crippen molar-refractivity contribution in [1.29, 1.82) is 0 Å². The third kappa shape index (κ3) is 3.72. The average molecular weight is 256 g/mol. The van der Waals surface area contributed by atoms with E-state index in [4.69, 9.17) is 23.2 Å². The summed E-state index contributed by atoms with van der Waals surface area (Å²) < 4.78 is 0. The molecule has 0 aliphatic heterocycles. The molecule has 3 heteroatoms. The molecule has 1 rings (SSSR count). The van der Waals surface area contributed by atoms with E-state index in [0.29, 0.717) is 5.02 Å². The summed E-state index contributed by atoms with van der Waals surface area (Å²) in [5, 5.41) is 4.69. The van der Waals surface area contributed by atoms with E-state index in [1.165, 1.54) is 0 Å². The van der Waals surface area contributed by atoms with Crippen LogP contribution in [0.3, 0.4) is 0 Å². The molecule has 0 bridgehead atoms. The molecule has 1 aromatic carbocycles. The molecular weight excluding hydrogens is 241 g/mol. The number of benzene rings is 1. The quantitative estimate of drug-likeness (QED) is 0.801. The van der Waals surface area contributed by atoms with Gasteiger partial charge in [0.05, 0.1) is 0 Å². The van der Waals surface area contributed by atoms with Crippen molar-refractivity contribution in [3.05, 3.63) is 33.8 Å². The maximum Gasteiger partial charge on any atom is 0.0454 e. The summed E-state index contributed by atoms with van der Waals surface area (Å²) in [4.78, 5) is 0. The molecule has 16 heavy (non-hydrogen) atoms. The summed E-state index contributed by atoms with van der Waals surface area (Å²) >= 11 is 12.1. The van der Waals surface area contributed by atoms with Crippen LogP contribution in [0.2, 0.25) is 10.0 Å². The maximum absolute atomic E-state index is 6.15. The van der Waals surface area contributed by atoms with Crippen LogP contribution < -0.4 is 5.32 Å². The van der Waals surface area contributed by atoms with E-state index in [1.54, 1.807) is 6.07 Å². The van der Waals surface area contributed by atoms with Crippen molar-refractivity contribution in [2.45, 2.75) is 25.8 Å². The number of hydrogen-bond acceptors (Lipinski definition) is 1. The van der Waals surface area contributed by atoms with E-state index in [-0.39, 0.29) is 6.04 Å². The molecule has 0 aromatic heterocycles. The average Bonchev–Trinajstić information content (AvgIpc) is 2.28. The van der Waals surface area contributed by atoms with Gasteiger partial charge in [-0.2, -0.15) is 0 Å².